The van der Waals surface area contributed by atoms with Crippen molar-refractivity contribution in [2.24, 2.45) is 0 Å². The van der Waals surface area contributed by atoms with E-state index in [2.05, 4.69) is 6.07 Å². The molecule has 1 aromatic carbocycles. The van der Waals surface area contributed by atoms with Crippen LogP contribution in [0.25, 0.3) is 0 Å². The molecule has 0 unspecified atom stereocenters. The summed E-state index contributed by atoms with van der Waals surface area (Å²) in [7, 11) is -1.95. The van der Waals surface area contributed by atoms with Crippen LogP contribution in [0.15, 0.2) is 72.8 Å². The zero-order valence-electron chi connectivity index (χ0n) is 22.9. The van der Waals surface area contributed by atoms with Crippen molar-refractivity contribution >= 4 is 46.3 Å². The van der Waals surface area contributed by atoms with Crippen molar-refractivity contribution in [3.05, 3.63) is 78.9 Å². The number of rotatable bonds is 0. The molecule has 8 bridgehead atoms. The van der Waals surface area contributed by atoms with Gasteiger partial charge in [0.15, 0.2) is 0 Å². The van der Waals surface area contributed by atoms with Gasteiger partial charge >= 0.3 is 17.1 Å². The number of benzene rings is 1. The zero-order valence-corrected chi connectivity index (χ0v) is 25.3. The summed E-state index contributed by atoms with van der Waals surface area (Å²) in [4.78, 5) is 22.7. The minimum atomic E-state index is -4.94. The van der Waals surface area contributed by atoms with Gasteiger partial charge in [-0.05, 0) is 36.4 Å². The van der Waals surface area contributed by atoms with Gasteiger partial charge < -0.3 is 19.6 Å². The average Bonchev–Trinajstić information content (AvgIpc) is 2.93. The molecule has 18 heteroatoms. The Morgan fingerprint density at radius 2 is 0.651 bits per heavy atom. The summed E-state index contributed by atoms with van der Waals surface area (Å²) in [5.74, 6) is 4.87. The fourth-order valence-corrected chi connectivity index (χ4v) is 3.68. The normalized spacial score (nSPS) is 12.7. The number of pyridine rings is 3. The summed E-state index contributed by atoms with van der Waals surface area (Å²) in [5.41, 5.74) is 1.84. The number of halogens is 2. The van der Waals surface area contributed by atoms with E-state index in [0.29, 0.717) is 0 Å². The molecule has 1 aliphatic heterocycles. The number of aromatic nitrogens is 3. The Morgan fingerprint density at radius 1 is 0.442 bits per heavy atom. The maximum atomic E-state index is 8.49. The van der Waals surface area contributed by atoms with Gasteiger partial charge in [-0.2, -0.15) is 6.07 Å². The Hall–Kier alpha value is -3.35. The van der Waals surface area contributed by atoms with Crippen molar-refractivity contribution < 1.29 is 74.8 Å². The van der Waals surface area contributed by atoms with E-state index in [1.165, 1.54) is 0 Å². The molecule has 1 aliphatic rings. The van der Waals surface area contributed by atoms with Crippen LogP contribution in [0.3, 0.4) is 0 Å². The number of hydrogen-bond acceptors (Lipinski definition) is 15. The zero-order chi connectivity index (χ0) is 31.2. The molecule has 0 atom stereocenters. The van der Waals surface area contributed by atoms with E-state index in [-0.39, 0.29) is 17.1 Å². The van der Waals surface area contributed by atoms with E-state index < -0.39 is 20.5 Å². The number of hydrogen-bond donors (Lipinski definition) is 0. The first kappa shape index (κ1) is 35.8. The van der Waals surface area contributed by atoms with Gasteiger partial charge in [0.25, 0.3) is 0 Å². The molecule has 1 radical (unpaired) electrons. The molecule has 3 aromatic heterocycles. The molecular weight excluding hydrogens is 661 g/mol. The van der Waals surface area contributed by atoms with Crippen molar-refractivity contribution in [2.75, 3.05) is 47.8 Å². The first-order valence-corrected chi connectivity index (χ1v) is 14.1. The largest absolute Gasteiger partial charge is 2.00 e. The molecule has 4 aromatic rings. The van der Waals surface area contributed by atoms with Gasteiger partial charge in [-0.3, -0.25) is 0 Å². The Morgan fingerprint density at radius 3 is 0.907 bits per heavy atom. The fraction of sp³-hybridized carbons (Fsp3) is 0.160. The van der Waals surface area contributed by atoms with Gasteiger partial charge in [0, 0.05) is 28.2 Å². The topological polar surface area (TPSA) is 236 Å². The van der Waals surface area contributed by atoms with Gasteiger partial charge in [0.05, 0.1) is 0 Å². The van der Waals surface area contributed by atoms with Gasteiger partial charge in [-0.25, -0.2) is 52.2 Å². The second-order valence-electron chi connectivity index (χ2n) is 8.48. The second-order valence-corrected chi connectivity index (χ2v) is 9.99. The van der Waals surface area contributed by atoms with Crippen LogP contribution in [0.4, 0.5) is 46.3 Å². The molecule has 0 fully saturated rings. The molecule has 233 valence electrons. The predicted octanol–water partition coefficient (Wildman–Crippen LogP) is -4.46. The summed E-state index contributed by atoms with van der Waals surface area (Å²) in [6.45, 7) is 0. The minimum absolute atomic E-state index is 0. The van der Waals surface area contributed by atoms with Gasteiger partial charge in [0.1, 0.15) is 34.9 Å². The first-order chi connectivity index (χ1) is 19.5. The van der Waals surface area contributed by atoms with Gasteiger partial charge in [-0.15, -0.1) is 38.7 Å². The molecule has 4 heterocycles. The van der Waals surface area contributed by atoms with Crippen LogP contribution in [-0.2, 0) is 17.1 Å². The third-order valence-electron chi connectivity index (χ3n) is 5.71. The molecule has 0 amide bonds. The molecule has 43 heavy (non-hydrogen) atoms. The van der Waals surface area contributed by atoms with Crippen molar-refractivity contribution in [1.82, 2.24) is 15.0 Å². The number of anilines is 8. The SMILES string of the molecule is CN1c2[c-]c(ccc2)N(C)c2cccc(n2)N(C)c2cccc(n2)N(C)c2cccc1n2.[Cu+2].[O-][Cl+3]([O-])([O-])[O-].[O-][Cl+3]([O-])([O-])[O-]. The molecular formula is C25H24Cl2CuN7O8-. The number of nitrogens with zero attached hydrogens (tertiary/aromatic N) is 7. The van der Waals surface area contributed by atoms with E-state index in [4.69, 9.17) is 52.2 Å². The Bertz CT molecular complexity index is 1200. The van der Waals surface area contributed by atoms with Crippen molar-refractivity contribution in [3.8, 4) is 0 Å². The summed E-state index contributed by atoms with van der Waals surface area (Å²) in [6.07, 6.45) is 0. The van der Waals surface area contributed by atoms with Gasteiger partial charge in [0.2, 0.25) is 0 Å². The van der Waals surface area contributed by atoms with E-state index >= 15 is 0 Å². The summed E-state index contributed by atoms with van der Waals surface area (Å²) >= 11 is 0. The van der Waals surface area contributed by atoms with Crippen molar-refractivity contribution in [2.45, 2.75) is 0 Å². The monoisotopic (exact) mass is 683 g/mol. The maximum Gasteiger partial charge on any atom is 2.00 e. The van der Waals surface area contributed by atoms with E-state index in [9.17, 15) is 0 Å². The summed E-state index contributed by atoms with van der Waals surface area (Å²) < 4.78 is 67.9. The summed E-state index contributed by atoms with van der Waals surface area (Å²) in [6, 6.07) is 27.5. The molecule has 0 saturated carbocycles. The van der Waals surface area contributed by atoms with Crippen LogP contribution in [0.1, 0.15) is 0 Å². The molecule has 0 saturated heterocycles. The standard InChI is InChI=1S/C25H24N7.2ClHO4.Cu/c1-29-18-9-5-10-19(17-18)30(2)21-12-7-14-23(27-21)32(4)25-16-8-15-24(28-25)31(3)22-13-6-11-20(29)26-22;2*2-1(3,4)5;/h5-16H,1-4H3;2*(H,2,3,4,5);/q-1;;;+2/p-2. The van der Waals surface area contributed by atoms with Crippen LogP contribution >= 0.6 is 0 Å². The van der Waals surface area contributed by atoms with E-state index in [1.807, 2.05) is 121 Å². The molecule has 0 spiro atoms. The Labute approximate surface area is 262 Å². The van der Waals surface area contributed by atoms with Crippen LogP contribution < -0.4 is 56.9 Å². The molecule has 0 N–H and O–H groups in total. The van der Waals surface area contributed by atoms with E-state index in [0.717, 1.165) is 46.3 Å². The Kier molecular flexibility index (Phi) is 12.4. The Balaban J connectivity index is 0.000000511. The third-order valence-corrected chi connectivity index (χ3v) is 5.71. The molecule has 5 rings (SSSR count). The third kappa shape index (κ3) is 11.0. The second kappa shape index (κ2) is 14.9. The fourth-order valence-electron chi connectivity index (χ4n) is 3.68. The van der Waals surface area contributed by atoms with Crippen LogP contribution in [0, 0.1) is 26.6 Å². The molecule has 0 aliphatic carbocycles. The first-order valence-electron chi connectivity index (χ1n) is 11.6. The summed E-state index contributed by atoms with van der Waals surface area (Å²) in [5, 5.41) is 0. The quantitative estimate of drug-likeness (QED) is 0.125. The predicted molar refractivity (Wildman–Crippen MR) is 130 cm³/mol. The van der Waals surface area contributed by atoms with Crippen LogP contribution in [0.5, 0.6) is 0 Å². The van der Waals surface area contributed by atoms with Crippen LogP contribution in [0.2, 0.25) is 0 Å². The average molecular weight is 685 g/mol. The number of fused-ring (bicyclic) bond motifs is 8. The van der Waals surface area contributed by atoms with Crippen LogP contribution in [-0.4, -0.2) is 43.1 Å². The smallest absolute Gasteiger partial charge is 0.353 e. The molecule has 15 nitrogen and oxygen atoms in total. The minimum Gasteiger partial charge on any atom is -0.353 e. The van der Waals surface area contributed by atoms with Crippen molar-refractivity contribution in [3.63, 3.8) is 0 Å². The van der Waals surface area contributed by atoms with Gasteiger partial charge in [-0.1, -0.05) is 29.6 Å². The maximum absolute atomic E-state index is 8.49. The van der Waals surface area contributed by atoms with E-state index in [1.54, 1.807) is 0 Å². The van der Waals surface area contributed by atoms with Crippen molar-refractivity contribution in [1.29, 1.82) is 0 Å².